The molecule has 3 heterocycles. The highest BCUT2D eigenvalue weighted by Gasteiger charge is 2.22. The van der Waals surface area contributed by atoms with Crippen LogP contribution in [0.3, 0.4) is 0 Å². The lowest BCUT2D eigenvalue weighted by molar-refractivity contribution is 0.369. The van der Waals surface area contributed by atoms with Gasteiger partial charge in [-0.2, -0.15) is 5.10 Å². The Hall–Kier alpha value is -2.86. The van der Waals surface area contributed by atoms with Gasteiger partial charge in [0.15, 0.2) is 0 Å². The third kappa shape index (κ3) is 2.96. The van der Waals surface area contributed by atoms with Crippen molar-refractivity contribution >= 4 is 33.6 Å². The van der Waals surface area contributed by atoms with Crippen molar-refractivity contribution < 1.29 is 4.74 Å². The van der Waals surface area contributed by atoms with Crippen LogP contribution in [0.4, 0.5) is 0 Å². The predicted octanol–water partition coefficient (Wildman–Crippen LogP) is 4.76. The van der Waals surface area contributed by atoms with Crippen molar-refractivity contribution in [2.45, 2.75) is 13.8 Å². The van der Waals surface area contributed by atoms with Crippen LogP contribution < -0.4 is 0 Å². The zero-order chi connectivity index (χ0) is 19.1. The van der Waals surface area contributed by atoms with Crippen molar-refractivity contribution in [2.75, 3.05) is 20.7 Å². The number of methoxy groups -OCH3 is 1. The molecule has 3 aromatic rings. The van der Waals surface area contributed by atoms with E-state index in [0.717, 1.165) is 44.3 Å². The van der Waals surface area contributed by atoms with Gasteiger partial charge < -0.3 is 9.64 Å². The highest BCUT2D eigenvalue weighted by atomic mass is 32.1. The van der Waals surface area contributed by atoms with Gasteiger partial charge in [-0.3, -0.25) is 5.10 Å². The van der Waals surface area contributed by atoms with Crippen LogP contribution in [0, 0.1) is 13.8 Å². The lowest BCUT2D eigenvalue weighted by atomic mass is 10.1. The van der Waals surface area contributed by atoms with Crippen molar-refractivity contribution in [3.63, 3.8) is 0 Å². The first-order chi connectivity index (χ1) is 13.0. The topological polar surface area (TPSA) is 54.0 Å². The molecule has 0 bridgehead atoms. The lowest BCUT2D eigenvalue weighted by Gasteiger charge is -2.19. The number of nitrogens with one attached hydrogen (secondary N) is 1. The van der Waals surface area contributed by atoms with Crippen LogP contribution >= 0.6 is 11.3 Å². The number of nitrogens with zero attached hydrogens (tertiary/aromatic N) is 3. The molecule has 4 rings (SSSR count). The van der Waals surface area contributed by atoms with Crippen LogP contribution in [0.15, 0.2) is 37.1 Å². The fourth-order valence-electron chi connectivity index (χ4n) is 3.34. The van der Waals surface area contributed by atoms with E-state index in [1.54, 1.807) is 18.4 Å². The second-order valence-electron chi connectivity index (χ2n) is 6.79. The fourth-order valence-corrected chi connectivity index (χ4v) is 4.44. The molecular weight excluding hydrogens is 356 g/mol. The molecule has 1 aliphatic rings. The Morgan fingerprint density at radius 2 is 2.07 bits per heavy atom. The van der Waals surface area contributed by atoms with E-state index in [-0.39, 0.29) is 0 Å². The number of benzene rings is 1. The van der Waals surface area contributed by atoms with E-state index in [1.807, 2.05) is 0 Å². The molecule has 0 spiro atoms. The van der Waals surface area contributed by atoms with Crippen LogP contribution in [0.25, 0.3) is 32.9 Å². The number of thiazole rings is 1. The average Bonchev–Trinajstić information content (AvgIpc) is 3.29. The second kappa shape index (κ2) is 6.70. The SMILES string of the molecule is C=C(OC)c1nc(-c2[nH]nc3c(C)ccc(C)c23)sc1C1=CC=CN(C)C1. The third-order valence-corrected chi connectivity index (χ3v) is 5.97. The molecule has 0 amide bonds. The Labute approximate surface area is 162 Å². The maximum absolute atomic E-state index is 5.42. The number of aromatic amines is 1. The molecule has 5 nitrogen and oxygen atoms in total. The van der Waals surface area contributed by atoms with Crippen molar-refractivity contribution in [2.24, 2.45) is 0 Å². The molecule has 6 heteroatoms. The molecule has 138 valence electrons. The summed E-state index contributed by atoms with van der Waals surface area (Å²) in [5.74, 6) is 0.572. The van der Waals surface area contributed by atoms with Gasteiger partial charge in [0.05, 0.1) is 17.5 Å². The molecule has 0 unspecified atom stereocenters. The van der Waals surface area contributed by atoms with Crippen molar-refractivity contribution in [3.8, 4) is 10.7 Å². The van der Waals surface area contributed by atoms with E-state index in [9.17, 15) is 0 Å². The Morgan fingerprint density at radius 1 is 1.30 bits per heavy atom. The number of hydrogen-bond acceptors (Lipinski definition) is 5. The zero-order valence-electron chi connectivity index (χ0n) is 16.0. The second-order valence-corrected chi connectivity index (χ2v) is 7.79. The number of fused-ring (bicyclic) bond motifs is 1. The van der Waals surface area contributed by atoms with E-state index in [0.29, 0.717) is 5.76 Å². The first-order valence-corrected chi connectivity index (χ1v) is 9.58. The molecule has 0 saturated carbocycles. The predicted molar refractivity (Wildman–Crippen MR) is 112 cm³/mol. The minimum absolute atomic E-state index is 0.572. The van der Waals surface area contributed by atoms with Crippen molar-refractivity contribution in [1.82, 2.24) is 20.1 Å². The van der Waals surface area contributed by atoms with Crippen LogP contribution in [-0.4, -0.2) is 40.8 Å². The lowest BCUT2D eigenvalue weighted by Crippen LogP contribution is -2.16. The summed E-state index contributed by atoms with van der Waals surface area (Å²) in [4.78, 5) is 8.11. The molecular formula is C21H22N4OS. The maximum atomic E-state index is 5.42. The van der Waals surface area contributed by atoms with Gasteiger partial charge in [0.2, 0.25) is 0 Å². The third-order valence-electron chi connectivity index (χ3n) is 4.82. The van der Waals surface area contributed by atoms with Crippen LogP contribution in [-0.2, 0) is 4.74 Å². The summed E-state index contributed by atoms with van der Waals surface area (Å²) in [7, 11) is 3.69. The van der Waals surface area contributed by atoms with Gasteiger partial charge >= 0.3 is 0 Å². The first kappa shape index (κ1) is 17.5. The smallest absolute Gasteiger partial charge is 0.143 e. The number of hydrogen-bond donors (Lipinski definition) is 1. The summed E-state index contributed by atoms with van der Waals surface area (Å²) >= 11 is 1.65. The standard InChI is InChI=1S/C21H22N4OS/c1-12-8-9-13(2)17-16(12)19(24-23-17)21-22-18(14(3)26-5)20(27-21)15-7-6-10-25(4)11-15/h6-10H,3,11H2,1-2,4-5H3,(H,23,24). The summed E-state index contributed by atoms with van der Waals surface area (Å²) in [6.07, 6.45) is 6.24. The quantitative estimate of drug-likeness (QED) is 0.665. The summed E-state index contributed by atoms with van der Waals surface area (Å²) in [5, 5.41) is 9.76. The van der Waals surface area contributed by atoms with Crippen LogP contribution in [0.2, 0.25) is 0 Å². The summed E-state index contributed by atoms with van der Waals surface area (Å²) in [5.41, 5.74) is 6.27. The molecule has 1 N–H and O–H groups in total. The van der Waals surface area contributed by atoms with Crippen molar-refractivity contribution in [1.29, 1.82) is 0 Å². The molecule has 27 heavy (non-hydrogen) atoms. The highest BCUT2D eigenvalue weighted by molar-refractivity contribution is 7.16. The Kier molecular flexibility index (Phi) is 4.36. The van der Waals surface area contributed by atoms with Gasteiger partial charge in [-0.05, 0) is 42.8 Å². The van der Waals surface area contributed by atoms with Crippen LogP contribution in [0.1, 0.15) is 21.7 Å². The number of aromatic nitrogens is 3. The average molecular weight is 379 g/mol. The minimum Gasteiger partial charge on any atom is -0.495 e. The number of allylic oxidation sites excluding steroid dienone is 2. The first-order valence-electron chi connectivity index (χ1n) is 8.76. The number of aryl methyl sites for hydroxylation is 2. The van der Waals surface area contributed by atoms with E-state index < -0.39 is 0 Å². The monoisotopic (exact) mass is 378 g/mol. The Balaban J connectivity index is 1.91. The number of ether oxygens (including phenoxy) is 1. The normalized spacial score (nSPS) is 13.9. The maximum Gasteiger partial charge on any atom is 0.143 e. The summed E-state index contributed by atoms with van der Waals surface area (Å²) < 4.78 is 5.42. The largest absolute Gasteiger partial charge is 0.495 e. The number of rotatable bonds is 4. The van der Waals surface area contributed by atoms with E-state index in [2.05, 4.69) is 73.1 Å². The Morgan fingerprint density at radius 3 is 2.81 bits per heavy atom. The van der Waals surface area contributed by atoms with Gasteiger partial charge in [0, 0.05) is 19.0 Å². The molecule has 1 aliphatic heterocycles. The van der Waals surface area contributed by atoms with Gasteiger partial charge in [0.25, 0.3) is 0 Å². The van der Waals surface area contributed by atoms with E-state index in [1.165, 1.54) is 11.1 Å². The van der Waals surface area contributed by atoms with Crippen molar-refractivity contribution in [3.05, 3.63) is 58.8 Å². The number of H-pyrrole nitrogens is 1. The highest BCUT2D eigenvalue weighted by Crippen LogP contribution is 2.39. The van der Waals surface area contributed by atoms with E-state index in [4.69, 9.17) is 9.72 Å². The molecule has 0 atom stereocenters. The Bertz CT molecular complexity index is 1100. The summed E-state index contributed by atoms with van der Waals surface area (Å²) in [6, 6.07) is 4.23. The fraction of sp³-hybridized carbons (Fsp3) is 0.238. The zero-order valence-corrected chi connectivity index (χ0v) is 16.8. The van der Waals surface area contributed by atoms with Crippen LogP contribution in [0.5, 0.6) is 0 Å². The molecule has 0 fully saturated rings. The molecule has 1 aromatic carbocycles. The molecule has 0 radical (unpaired) electrons. The van der Waals surface area contributed by atoms with Gasteiger partial charge in [0.1, 0.15) is 22.2 Å². The van der Waals surface area contributed by atoms with Gasteiger partial charge in [-0.15, -0.1) is 11.3 Å². The van der Waals surface area contributed by atoms with E-state index >= 15 is 0 Å². The van der Waals surface area contributed by atoms with Gasteiger partial charge in [-0.1, -0.05) is 24.8 Å². The molecule has 0 aliphatic carbocycles. The molecule has 2 aromatic heterocycles. The van der Waals surface area contributed by atoms with Gasteiger partial charge in [-0.25, -0.2) is 4.98 Å². The number of likely N-dealkylation sites (N-methyl/N-ethyl adjacent to an activating group) is 1. The summed E-state index contributed by atoms with van der Waals surface area (Å²) in [6.45, 7) is 9.05. The minimum atomic E-state index is 0.572. The molecule has 0 saturated heterocycles.